The van der Waals surface area contributed by atoms with Gasteiger partial charge in [-0.3, -0.25) is 14.5 Å². The summed E-state index contributed by atoms with van der Waals surface area (Å²) in [5, 5.41) is 2.77. The summed E-state index contributed by atoms with van der Waals surface area (Å²) in [6.45, 7) is 14.7. The van der Waals surface area contributed by atoms with E-state index < -0.39 is 35.3 Å². The number of carbonyl (C=O) groups is 3. The molecule has 0 aromatic heterocycles. The van der Waals surface area contributed by atoms with E-state index in [1.54, 1.807) is 34.0 Å². The van der Waals surface area contributed by atoms with E-state index >= 15 is 0 Å². The monoisotopic (exact) mass is 548 g/mol. The molecule has 9 nitrogen and oxygen atoms in total. The van der Waals surface area contributed by atoms with Gasteiger partial charge in [0.1, 0.15) is 12.4 Å². The molecule has 0 spiro atoms. The summed E-state index contributed by atoms with van der Waals surface area (Å²) in [7, 11) is 1.59. The number of benzene rings is 1. The zero-order valence-corrected chi connectivity index (χ0v) is 24.6. The molecule has 1 aromatic rings. The first-order valence-electron chi connectivity index (χ1n) is 13.6. The van der Waals surface area contributed by atoms with Gasteiger partial charge in [-0.25, -0.2) is 4.79 Å². The lowest BCUT2D eigenvalue weighted by Crippen LogP contribution is -2.50. The second kappa shape index (κ2) is 18.5. The summed E-state index contributed by atoms with van der Waals surface area (Å²) >= 11 is 0. The fourth-order valence-corrected chi connectivity index (χ4v) is 3.97. The van der Waals surface area contributed by atoms with Crippen LogP contribution in [0.5, 0.6) is 0 Å². The van der Waals surface area contributed by atoms with E-state index in [9.17, 15) is 14.4 Å². The molecule has 9 heteroatoms. The van der Waals surface area contributed by atoms with E-state index in [4.69, 9.17) is 18.9 Å². The fraction of sp³-hybridized carbons (Fsp3) is 0.633. The van der Waals surface area contributed by atoms with Crippen LogP contribution in [-0.4, -0.2) is 75.2 Å². The minimum atomic E-state index is -0.753. The molecule has 0 aliphatic carbocycles. The summed E-state index contributed by atoms with van der Waals surface area (Å²) in [5.41, 5.74) is 0.286. The van der Waals surface area contributed by atoms with Crippen LogP contribution in [0.15, 0.2) is 43.0 Å². The normalized spacial score (nSPS) is 13.0. The van der Waals surface area contributed by atoms with Gasteiger partial charge < -0.3 is 24.3 Å². The van der Waals surface area contributed by atoms with Crippen molar-refractivity contribution in [2.45, 2.75) is 59.5 Å². The topological polar surface area (TPSA) is 103 Å². The SMILES string of the molecule is C=CC[C@H](C(=O)OC(C)(C)C)C(CC(C)C)C(=O)N(CCc1ccccc1)C(=O)NCCOCOCCOC. The molecular weight excluding hydrogens is 500 g/mol. The second-order valence-corrected chi connectivity index (χ2v) is 10.8. The minimum Gasteiger partial charge on any atom is -0.460 e. The Kier molecular flexibility index (Phi) is 16.3. The molecule has 2 atom stereocenters. The molecule has 0 fully saturated rings. The fourth-order valence-electron chi connectivity index (χ4n) is 3.97. The molecule has 1 aromatic carbocycles. The molecule has 1 rings (SSSR count). The van der Waals surface area contributed by atoms with Crippen LogP contribution in [0.2, 0.25) is 0 Å². The van der Waals surface area contributed by atoms with Crippen molar-refractivity contribution in [2.24, 2.45) is 17.8 Å². The maximum absolute atomic E-state index is 14.0. The number of ether oxygens (including phenoxy) is 4. The van der Waals surface area contributed by atoms with Crippen molar-refractivity contribution in [3.63, 3.8) is 0 Å². The third kappa shape index (κ3) is 14.3. The number of rotatable bonds is 18. The van der Waals surface area contributed by atoms with Gasteiger partial charge in [0, 0.05) is 20.2 Å². The predicted octanol–water partition coefficient (Wildman–Crippen LogP) is 4.60. The molecule has 1 N–H and O–H groups in total. The van der Waals surface area contributed by atoms with Gasteiger partial charge in [0.05, 0.1) is 31.7 Å². The average Bonchev–Trinajstić information content (AvgIpc) is 2.87. The molecule has 0 aliphatic heterocycles. The summed E-state index contributed by atoms with van der Waals surface area (Å²) in [5.74, 6) is -2.26. The quantitative estimate of drug-likeness (QED) is 0.124. The first-order chi connectivity index (χ1) is 18.5. The van der Waals surface area contributed by atoms with Crippen LogP contribution in [0.1, 0.15) is 53.0 Å². The van der Waals surface area contributed by atoms with Crippen LogP contribution in [0, 0.1) is 17.8 Å². The van der Waals surface area contributed by atoms with Gasteiger partial charge in [-0.2, -0.15) is 0 Å². The Morgan fingerprint density at radius 3 is 2.28 bits per heavy atom. The van der Waals surface area contributed by atoms with Crippen molar-refractivity contribution in [3.05, 3.63) is 48.6 Å². The van der Waals surface area contributed by atoms with E-state index in [0.717, 1.165) is 5.56 Å². The van der Waals surface area contributed by atoms with Gasteiger partial charge in [-0.1, -0.05) is 50.3 Å². The van der Waals surface area contributed by atoms with Crippen molar-refractivity contribution in [3.8, 4) is 0 Å². The van der Waals surface area contributed by atoms with Crippen LogP contribution < -0.4 is 5.32 Å². The smallest absolute Gasteiger partial charge is 0.324 e. The van der Waals surface area contributed by atoms with Crippen LogP contribution in [0.25, 0.3) is 0 Å². The summed E-state index contributed by atoms with van der Waals surface area (Å²) < 4.78 is 21.2. The number of urea groups is 1. The first kappa shape index (κ1) is 34.3. The molecule has 220 valence electrons. The van der Waals surface area contributed by atoms with Crippen LogP contribution in [-0.2, 0) is 35.0 Å². The Balaban J connectivity index is 3.09. The van der Waals surface area contributed by atoms with Crippen molar-refractivity contribution >= 4 is 17.9 Å². The first-order valence-corrected chi connectivity index (χ1v) is 13.6. The third-order valence-corrected chi connectivity index (χ3v) is 5.76. The minimum absolute atomic E-state index is 0.0749. The Labute approximate surface area is 234 Å². The number of hydrogen-bond donors (Lipinski definition) is 1. The standard InChI is InChI=1S/C30H48N2O7/c1-8-12-25(28(34)39-30(4,5)6)26(21-23(2)3)27(33)32(17-15-24-13-10-9-11-14-24)29(35)31-16-18-37-22-38-20-19-36-7/h8-11,13-14,23,25-26H,1,12,15-22H2,2-7H3,(H,31,35)/t25-,26?/m0/s1. The van der Waals surface area contributed by atoms with E-state index in [-0.39, 0.29) is 38.8 Å². The zero-order chi connectivity index (χ0) is 29.3. The highest BCUT2D eigenvalue weighted by Crippen LogP contribution is 2.29. The molecule has 39 heavy (non-hydrogen) atoms. The maximum atomic E-state index is 14.0. The molecule has 0 saturated heterocycles. The third-order valence-electron chi connectivity index (χ3n) is 5.76. The molecule has 0 bridgehead atoms. The molecule has 0 radical (unpaired) electrons. The van der Waals surface area contributed by atoms with Crippen molar-refractivity contribution in [2.75, 3.05) is 46.8 Å². The number of carbonyl (C=O) groups excluding carboxylic acids is 3. The van der Waals surface area contributed by atoms with Gasteiger partial charge in [-0.05, 0) is 51.5 Å². The van der Waals surface area contributed by atoms with Crippen LogP contribution in [0.3, 0.4) is 0 Å². The number of amides is 3. The number of nitrogens with one attached hydrogen (secondary N) is 1. The number of methoxy groups -OCH3 is 1. The number of nitrogens with zero attached hydrogens (tertiary/aromatic N) is 1. The van der Waals surface area contributed by atoms with Crippen molar-refractivity contribution in [1.82, 2.24) is 10.2 Å². The van der Waals surface area contributed by atoms with E-state index in [1.165, 1.54) is 4.90 Å². The lowest BCUT2D eigenvalue weighted by Gasteiger charge is -2.32. The zero-order valence-electron chi connectivity index (χ0n) is 24.6. The highest BCUT2D eigenvalue weighted by molar-refractivity contribution is 5.97. The maximum Gasteiger partial charge on any atom is 0.324 e. The molecule has 1 unspecified atom stereocenters. The average molecular weight is 549 g/mol. The van der Waals surface area contributed by atoms with E-state index in [2.05, 4.69) is 11.9 Å². The van der Waals surface area contributed by atoms with Crippen LogP contribution >= 0.6 is 0 Å². The lowest BCUT2D eigenvalue weighted by atomic mass is 9.82. The van der Waals surface area contributed by atoms with Gasteiger partial charge in [0.2, 0.25) is 5.91 Å². The Morgan fingerprint density at radius 2 is 1.69 bits per heavy atom. The van der Waals surface area contributed by atoms with E-state index in [0.29, 0.717) is 26.1 Å². The summed E-state index contributed by atoms with van der Waals surface area (Å²) in [6.07, 6.45) is 2.79. The van der Waals surface area contributed by atoms with Crippen molar-refractivity contribution < 1.29 is 33.3 Å². The summed E-state index contributed by atoms with van der Waals surface area (Å²) in [6, 6.07) is 9.11. The lowest BCUT2D eigenvalue weighted by molar-refractivity contribution is -0.165. The van der Waals surface area contributed by atoms with Gasteiger partial charge in [-0.15, -0.1) is 6.58 Å². The number of allylic oxidation sites excluding steroid dienone is 1. The second-order valence-electron chi connectivity index (χ2n) is 10.8. The predicted molar refractivity (Wildman–Crippen MR) is 151 cm³/mol. The number of esters is 1. The molecule has 0 saturated carbocycles. The van der Waals surface area contributed by atoms with E-state index in [1.807, 2.05) is 44.2 Å². The number of hydrogen-bond acceptors (Lipinski definition) is 7. The Bertz CT molecular complexity index is 868. The Hall–Kier alpha value is -2.75. The molecular formula is C30H48N2O7. The van der Waals surface area contributed by atoms with Gasteiger partial charge in [0.15, 0.2) is 0 Å². The Morgan fingerprint density at radius 1 is 1.03 bits per heavy atom. The highest BCUT2D eigenvalue weighted by Gasteiger charge is 2.39. The summed E-state index contributed by atoms with van der Waals surface area (Å²) in [4.78, 5) is 41.8. The molecule has 3 amide bonds. The van der Waals surface area contributed by atoms with Gasteiger partial charge >= 0.3 is 12.0 Å². The molecule has 0 aliphatic rings. The largest absolute Gasteiger partial charge is 0.460 e. The van der Waals surface area contributed by atoms with Crippen molar-refractivity contribution in [1.29, 1.82) is 0 Å². The molecule has 0 heterocycles. The van der Waals surface area contributed by atoms with Crippen LogP contribution in [0.4, 0.5) is 4.79 Å². The number of imide groups is 1. The van der Waals surface area contributed by atoms with Gasteiger partial charge in [0.25, 0.3) is 0 Å². The highest BCUT2D eigenvalue weighted by atomic mass is 16.7.